The molecule has 180 valence electrons. The third-order valence-electron chi connectivity index (χ3n) is 5.94. The molecule has 0 spiro atoms. The van der Waals surface area contributed by atoms with E-state index in [4.69, 9.17) is 4.74 Å². The van der Waals surface area contributed by atoms with E-state index in [9.17, 15) is 9.90 Å². The number of aryl methyl sites for hydroxylation is 1. The normalized spacial score (nSPS) is 15.1. The Hall–Kier alpha value is -3.23. The van der Waals surface area contributed by atoms with Crippen LogP contribution in [0.2, 0.25) is 0 Å². The van der Waals surface area contributed by atoms with Crippen LogP contribution in [-0.4, -0.2) is 57.3 Å². The van der Waals surface area contributed by atoms with E-state index in [0.29, 0.717) is 17.9 Å². The van der Waals surface area contributed by atoms with Gasteiger partial charge in [0.25, 0.3) is 5.56 Å². The Morgan fingerprint density at radius 2 is 1.97 bits per heavy atom. The van der Waals surface area contributed by atoms with Crippen LogP contribution in [0, 0.1) is 6.92 Å². The first-order chi connectivity index (χ1) is 16.5. The molecule has 34 heavy (non-hydrogen) atoms. The molecule has 0 aliphatic carbocycles. The van der Waals surface area contributed by atoms with Gasteiger partial charge in [-0.25, -0.2) is 4.98 Å². The van der Waals surface area contributed by atoms with Crippen LogP contribution < -0.4 is 15.6 Å². The summed E-state index contributed by atoms with van der Waals surface area (Å²) in [6, 6.07) is 11.9. The molecule has 8 heteroatoms. The first kappa shape index (κ1) is 23.9. The van der Waals surface area contributed by atoms with E-state index in [-0.39, 0.29) is 18.7 Å². The number of likely N-dealkylation sites (tertiary alicyclic amines) is 1. The fourth-order valence-corrected chi connectivity index (χ4v) is 4.04. The Balaban J connectivity index is 1.23. The quantitative estimate of drug-likeness (QED) is 0.425. The fourth-order valence-electron chi connectivity index (χ4n) is 4.04. The fraction of sp³-hybridized carbons (Fsp3) is 0.423. The van der Waals surface area contributed by atoms with Crippen molar-refractivity contribution in [2.45, 2.75) is 45.3 Å². The van der Waals surface area contributed by atoms with Crippen molar-refractivity contribution in [3.05, 3.63) is 81.5 Å². The number of nitrogens with one attached hydrogen (secondary N) is 2. The zero-order valence-electron chi connectivity index (χ0n) is 19.7. The molecule has 1 atom stereocenters. The number of aliphatic hydroxyl groups is 1. The third-order valence-corrected chi connectivity index (χ3v) is 5.94. The Morgan fingerprint density at radius 1 is 1.12 bits per heavy atom. The van der Waals surface area contributed by atoms with Gasteiger partial charge in [0.1, 0.15) is 18.5 Å². The Kier molecular flexibility index (Phi) is 8.27. The molecule has 1 aromatic carbocycles. The summed E-state index contributed by atoms with van der Waals surface area (Å²) >= 11 is 0. The standard InChI is InChI=1S/C26H33N5O3/c1-19-8-9-20(14-27-19)12-22-15-28-26(30-25(22)33)29-16-23(32)18-34-24-7-5-6-21(13-24)17-31-10-3-2-4-11-31/h5-9,13-15,23,32H,2-4,10-12,16-18H2,1H3,(H2,28,29,30,33). The smallest absolute Gasteiger partial charge is 0.255 e. The van der Waals surface area contributed by atoms with E-state index >= 15 is 0 Å². The molecule has 1 fully saturated rings. The van der Waals surface area contributed by atoms with Gasteiger partial charge in [-0.1, -0.05) is 24.6 Å². The number of rotatable bonds is 10. The highest BCUT2D eigenvalue weighted by Crippen LogP contribution is 2.18. The second-order valence-electron chi connectivity index (χ2n) is 8.90. The van der Waals surface area contributed by atoms with Crippen LogP contribution in [0.1, 0.15) is 41.6 Å². The predicted molar refractivity (Wildman–Crippen MR) is 132 cm³/mol. The topological polar surface area (TPSA) is 103 Å². The van der Waals surface area contributed by atoms with Gasteiger partial charge >= 0.3 is 0 Å². The highest BCUT2D eigenvalue weighted by atomic mass is 16.5. The van der Waals surface area contributed by atoms with Gasteiger partial charge in [-0.2, -0.15) is 0 Å². The number of nitrogens with zero attached hydrogens (tertiary/aromatic N) is 3. The number of hydrogen-bond acceptors (Lipinski definition) is 7. The highest BCUT2D eigenvalue weighted by molar-refractivity contribution is 5.29. The number of aliphatic hydroxyl groups excluding tert-OH is 1. The molecular weight excluding hydrogens is 430 g/mol. The van der Waals surface area contributed by atoms with Crippen LogP contribution in [-0.2, 0) is 13.0 Å². The van der Waals surface area contributed by atoms with E-state index in [1.807, 2.05) is 37.3 Å². The SMILES string of the molecule is Cc1ccc(Cc2cnc(NCC(O)COc3cccc(CN4CCCCC4)c3)[nH]c2=O)cn1. The predicted octanol–water partition coefficient (Wildman–Crippen LogP) is 2.90. The third kappa shape index (κ3) is 7.13. The number of pyridine rings is 1. The number of H-pyrrole nitrogens is 1. The Labute approximate surface area is 200 Å². The van der Waals surface area contributed by atoms with Crippen molar-refractivity contribution in [2.24, 2.45) is 0 Å². The first-order valence-electron chi connectivity index (χ1n) is 11.9. The summed E-state index contributed by atoms with van der Waals surface area (Å²) in [6.45, 7) is 5.49. The van der Waals surface area contributed by atoms with Gasteiger partial charge in [0.2, 0.25) is 5.95 Å². The lowest BCUT2D eigenvalue weighted by molar-refractivity contribution is 0.117. The number of anilines is 1. The van der Waals surface area contributed by atoms with Crippen molar-refractivity contribution in [1.29, 1.82) is 0 Å². The molecule has 3 heterocycles. The first-order valence-corrected chi connectivity index (χ1v) is 11.9. The number of aromatic amines is 1. The maximum absolute atomic E-state index is 12.4. The van der Waals surface area contributed by atoms with Crippen molar-refractivity contribution in [3.63, 3.8) is 0 Å². The van der Waals surface area contributed by atoms with E-state index in [0.717, 1.165) is 36.6 Å². The average Bonchev–Trinajstić information content (AvgIpc) is 2.85. The highest BCUT2D eigenvalue weighted by Gasteiger charge is 2.12. The molecule has 3 aromatic rings. The summed E-state index contributed by atoms with van der Waals surface area (Å²) in [5.74, 6) is 1.06. The zero-order valence-corrected chi connectivity index (χ0v) is 19.7. The average molecular weight is 464 g/mol. The van der Waals surface area contributed by atoms with Crippen LogP contribution in [0.4, 0.5) is 5.95 Å². The molecule has 4 rings (SSSR count). The van der Waals surface area contributed by atoms with Crippen molar-refractivity contribution in [3.8, 4) is 5.75 Å². The van der Waals surface area contributed by atoms with Gasteiger partial charge in [-0.3, -0.25) is 19.7 Å². The zero-order chi connectivity index (χ0) is 23.8. The molecule has 0 bridgehead atoms. The van der Waals surface area contributed by atoms with Gasteiger partial charge in [0.05, 0.1) is 0 Å². The molecule has 1 aliphatic rings. The maximum Gasteiger partial charge on any atom is 0.255 e. The second kappa shape index (κ2) is 11.8. The molecule has 0 radical (unpaired) electrons. The minimum Gasteiger partial charge on any atom is -0.491 e. The second-order valence-corrected chi connectivity index (χ2v) is 8.90. The van der Waals surface area contributed by atoms with E-state index in [2.05, 4.69) is 31.2 Å². The van der Waals surface area contributed by atoms with Crippen LogP contribution in [0.25, 0.3) is 0 Å². The van der Waals surface area contributed by atoms with Crippen molar-refractivity contribution >= 4 is 5.95 Å². The summed E-state index contributed by atoms with van der Waals surface area (Å²) < 4.78 is 5.80. The molecule has 2 aromatic heterocycles. The molecule has 1 aliphatic heterocycles. The number of aromatic nitrogens is 3. The number of hydrogen-bond donors (Lipinski definition) is 3. The largest absolute Gasteiger partial charge is 0.491 e. The van der Waals surface area contributed by atoms with E-state index in [1.165, 1.54) is 24.8 Å². The van der Waals surface area contributed by atoms with Gasteiger partial charge in [0, 0.05) is 43.2 Å². The van der Waals surface area contributed by atoms with E-state index < -0.39 is 6.10 Å². The van der Waals surface area contributed by atoms with Gasteiger partial charge in [0.15, 0.2) is 0 Å². The van der Waals surface area contributed by atoms with Crippen molar-refractivity contribution in [2.75, 3.05) is 31.6 Å². The summed E-state index contributed by atoms with van der Waals surface area (Å²) in [5.41, 5.74) is 3.45. The maximum atomic E-state index is 12.4. The molecule has 1 saturated heterocycles. The summed E-state index contributed by atoms with van der Waals surface area (Å²) in [4.78, 5) is 26.1. The minimum absolute atomic E-state index is 0.142. The van der Waals surface area contributed by atoms with Crippen LogP contribution in [0.15, 0.2) is 53.6 Å². The van der Waals surface area contributed by atoms with Crippen LogP contribution >= 0.6 is 0 Å². The molecular formula is C26H33N5O3. The molecule has 0 amide bonds. The Morgan fingerprint density at radius 3 is 2.74 bits per heavy atom. The minimum atomic E-state index is -0.755. The molecule has 0 saturated carbocycles. The van der Waals surface area contributed by atoms with Crippen molar-refractivity contribution < 1.29 is 9.84 Å². The summed E-state index contributed by atoms with van der Waals surface area (Å²) in [6.07, 6.45) is 6.88. The lowest BCUT2D eigenvalue weighted by atomic mass is 10.1. The van der Waals surface area contributed by atoms with Crippen LogP contribution in [0.3, 0.4) is 0 Å². The number of benzene rings is 1. The van der Waals surface area contributed by atoms with Gasteiger partial charge in [-0.15, -0.1) is 0 Å². The lowest BCUT2D eigenvalue weighted by Gasteiger charge is -2.26. The molecule has 8 nitrogen and oxygen atoms in total. The summed E-state index contributed by atoms with van der Waals surface area (Å²) in [5, 5.41) is 13.3. The number of ether oxygens (including phenoxy) is 1. The van der Waals surface area contributed by atoms with Crippen LogP contribution in [0.5, 0.6) is 5.75 Å². The van der Waals surface area contributed by atoms with Gasteiger partial charge < -0.3 is 15.2 Å². The molecule has 3 N–H and O–H groups in total. The van der Waals surface area contributed by atoms with E-state index in [1.54, 1.807) is 12.4 Å². The monoisotopic (exact) mass is 463 g/mol. The van der Waals surface area contributed by atoms with Crippen molar-refractivity contribution in [1.82, 2.24) is 19.9 Å². The number of piperidine rings is 1. The Bertz CT molecular complexity index is 1110. The van der Waals surface area contributed by atoms with Gasteiger partial charge in [-0.05, 0) is 62.2 Å². The lowest BCUT2D eigenvalue weighted by Crippen LogP contribution is -2.29. The molecule has 1 unspecified atom stereocenters. The summed E-state index contributed by atoms with van der Waals surface area (Å²) in [7, 11) is 0.